The number of hydrazine groups is 1. The second-order valence-electron chi connectivity index (χ2n) is 5.38. The molecule has 1 rings (SSSR count). The molecule has 0 spiro atoms. The lowest BCUT2D eigenvalue weighted by Crippen LogP contribution is -2.28. The van der Waals surface area contributed by atoms with Crippen molar-refractivity contribution in [3.8, 4) is 0 Å². The minimum atomic E-state index is 0.132. The summed E-state index contributed by atoms with van der Waals surface area (Å²) in [5.74, 6) is 5.62. The summed E-state index contributed by atoms with van der Waals surface area (Å²) in [6.45, 7) is 2.25. The predicted octanol–water partition coefficient (Wildman–Crippen LogP) is 4.77. The number of hydrogen-bond acceptors (Lipinski definition) is 3. The monoisotopic (exact) mass is 297 g/mol. The number of hydrogen-bond donors (Lipinski definition) is 2. The van der Waals surface area contributed by atoms with Crippen LogP contribution in [-0.4, -0.2) is 4.98 Å². The number of aromatic nitrogens is 1. The average molecular weight is 298 g/mol. The van der Waals surface area contributed by atoms with Gasteiger partial charge in [0.05, 0.1) is 16.8 Å². The van der Waals surface area contributed by atoms with E-state index in [4.69, 9.17) is 17.4 Å². The van der Waals surface area contributed by atoms with Crippen LogP contribution in [0.25, 0.3) is 0 Å². The van der Waals surface area contributed by atoms with E-state index in [0.717, 1.165) is 12.1 Å². The molecule has 0 saturated heterocycles. The molecule has 0 fully saturated rings. The Labute approximate surface area is 128 Å². The van der Waals surface area contributed by atoms with Crippen molar-refractivity contribution in [2.45, 2.75) is 70.8 Å². The Balaban J connectivity index is 2.14. The first-order valence-electron chi connectivity index (χ1n) is 7.85. The highest BCUT2D eigenvalue weighted by atomic mass is 35.5. The number of halogens is 1. The molecule has 0 aromatic carbocycles. The van der Waals surface area contributed by atoms with E-state index in [-0.39, 0.29) is 6.04 Å². The number of nitrogens with zero attached hydrogens (tertiary/aromatic N) is 1. The highest BCUT2D eigenvalue weighted by Gasteiger charge is 2.10. The van der Waals surface area contributed by atoms with Crippen LogP contribution in [0.5, 0.6) is 0 Å². The number of rotatable bonds is 11. The highest BCUT2D eigenvalue weighted by molar-refractivity contribution is 6.30. The third kappa shape index (κ3) is 7.22. The second kappa shape index (κ2) is 11.1. The molecule has 4 heteroatoms. The van der Waals surface area contributed by atoms with Crippen LogP contribution in [0.3, 0.4) is 0 Å². The molecular formula is C16H28ClN3. The zero-order chi connectivity index (χ0) is 14.6. The van der Waals surface area contributed by atoms with E-state index in [1.807, 2.05) is 12.1 Å². The van der Waals surface area contributed by atoms with E-state index in [1.54, 1.807) is 6.20 Å². The molecule has 1 aromatic heterocycles. The third-order valence-corrected chi connectivity index (χ3v) is 3.88. The predicted molar refractivity (Wildman–Crippen MR) is 86.5 cm³/mol. The molecule has 1 heterocycles. The van der Waals surface area contributed by atoms with Crippen molar-refractivity contribution < 1.29 is 0 Å². The Morgan fingerprint density at radius 1 is 1.10 bits per heavy atom. The first kappa shape index (κ1) is 17.4. The van der Waals surface area contributed by atoms with Gasteiger partial charge >= 0.3 is 0 Å². The summed E-state index contributed by atoms with van der Waals surface area (Å²) in [6.07, 6.45) is 13.3. The molecule has 0 radical (unpaired) electrons. The Bertz CT molecular complexity index is 340. The van der Waals surface area contributed by atoms with Gasteiger partial charge in [-0.3, -0.25) is 16.3 Å². The van der Waals surface area contributed by atoms with Crippen LogP contribution in [-0.2, 0) is 0 Å². The molecular weight excluding hydrogens is 270 g/mol. The molecule has 0 aliphatic heterocycles. The molecule has 0 bridgehead atoms. The van der Waals surface area contributed by atoms with Gasteiger partial charge in [-0.2, -0.15) is 0 Å². The van der Waals surface area contributed by atoms with Crippen molar-refractivity contribution >= 4 is 11.6 Å². The van der Waals surface area contributed by atoms with Crippen molar-refractivity contribution in [1.29, 1.82) is 0 Å². The lowest BCUT2D eigenvalue weighted by Gasteiger charge is -2.15. The van der Waals surface area contributed by atoms with Crippen LogP contribution in [0.1, 0.15) is 76.4 Å². The van der Waals surface area contributed by atoms with Crippen LogP contribution in [0.15, 0.2) is 18.3 Å². The summed E-state index contributed by atoms with van der Waals surface area (Å²) >= 11 is 5.84. The molecule has 20 heavy (non-hydrogen) atoms. The molecule has 1 aromatic rings. The van der Waals surface area contributed by atoms with E-state index in [1.165, 1.54) is 51.4 Å². The van der Waals surface area contributed by atoms with Crippen molar-refractivity contribution in [3.63, 3.8) is 0 Å². The maximum absolute atomic E-state index is 5.84. The summed E-state index contributed by atoms with van der Waals surface area (Å²) in [5, 5.41) is 0.664. The summed E-state index contributed by atoms with van der Waals surface area (Å²) in [6, 6.07) is 3.94. The number of nitrogens with one attached hydrogen (secondary N) is 1. The Morgan fingerprint density at radius 3 is 2.30 bits per heavy atom. The van der Waals surface area contributed by atoms with Gasteiger partial charge in [-0.1, -0.05) is 69.9 Å². The van der Waals surface area contributed by atoms with Crippen LogP contribution in [0, 0.1) is 0 Å². The fraction of sp³-hybridized carbons (Fsp3) is 0.688. The van der Waals surface area contributed by atoms with Crippen molar-refractivity contribution in [1.82, 2.24) is 10.4 Å². The van der Waals surface area contributed by atoms with E-state index in [9.17, 15) is 0 Å². The molecule has 3 N–H and O–H groups in total. The smallest absolute Gasteiger partial charge is 0.0632 e. The maximum atomic E-state index is 5.84. The van der Waals surface area contributed by atoms with Gasteiger partial charge in [0.15, 0.2) is 0 Å². The van der Waals surface area contributed by atoms with Gasteiger partial charge in [-0.05, 0) is 18.6 Å². The SMILES string of the molecule is CCCCCCCCCCC(NN)c1ccc(Cl)cn1. The van der Waals surface area contributed by atoms with Crippen LogP contribution in [0.4, 0.5) is 0 Å². The number of unbranched alkanes of at least 4 members (excludes halogenated alkanes) is 7. The largest absolute Gasteiger partial charge is 0.271 e. The van der Waals surface area contributed by atoms with Gasteiger partial charge < -0.3 is 0 Å². The first-order chi connectivity index (χ1) is 9.77. The van der Waals surface area contributed by atoms with Crippen molar-refractivity contribution in [3.05, 3.63) is 29.0 Å². The van der Waals surface area contributed by atoms with Gasteiger partial charge in [0.25, 0.3) is 0 Å². The quantitative estimate of drug-likeness (QED) is 0.351. The topological polar surface area (TPSA) is 50.9 Å². The lowest BCUT2D eigenvalue weighted by atomic mass is 10.0. The van der Waals surface area contributed by atoms with Gasteiger partial charge in [0, 0.05) is 6.20 Å². The van der Waals surface area contributed by atoms with E-state index < -0.39 is 0 Å². The zero-order valence-corrected chi connectivity index (χ0v) is 13.3. The van der Waals surface area contributed by atoms with Crippen LogP contribution < -0.4 is 11.3 Å². The Morgan fingerprint density at radius 2 is 1.75 bits per heavy atom. The minimum absolute atomic E-state index is 0.132. The number of nitrogens with two attached hydrogens (primary N) is 1. The van der Waals surface area contributed by atoms with Gasteiger partial charge in [-0.25, -0.2) is 0 Å². The summed E-state index contributed by atoms with van der Waals surface area (Å²) in [5.41, 5.74) is 3.82. The molecule has 0 aliphatic carbocycles. The normalized spacial score (nSPS) is 12.6. The van der Waals surface area contributed by atoms with E-state index in [0.29, 0.717) is 5.02 Å². The molecule has 1 unspecified atom stereocenters. The van der Waals surface area contributed by atoms with Gasteiger partial charge in [0.1, 0.15) is 0 Å². The van der Waals surface area contributed by atoms with Crippen LogP contribution >= 0.6 is 11.6 Å². The molecule has 0 aliphatic rings. The number of pyridine rings is 1. The minimum Gasteiger partial charge on any atom is -0.271 e. The van der Waals surface area contributed by atoms with Crippen LogP contribution in [0.2, 0.25) is 5.02 Å². The molecule has 0 saturated carbocycles. The van der Waals surface area contributed by atoms with E-state index in [2.05, 4.69) is 17.3 Å². The maximum Gasteiger partial charge on any atom is 0.0632 e. The molecule has 0 amide bonds. The third-order valence-electron chi connectivity index (χ3n) is 3.65. The Kier molecular flexibility index (Phi) is 9.63. The van der Waals surface area contributed by atoms with Gasteiger partial charge in [0.2, 0.25) is 0 Å². The van der Waals surface area contributed by atoms with Crippen molar-refractivity contribution in [2.24, 2.45) is 5.84 Å². The highest BCUT2D eigenvalue weighted by Crippen LogP contribution is 2.19. The standard InChI is InChI=1S/C16H28ClN3/c1-2-3-4-5-6-7-8-9-10-16(20-18)15-12-11-14(17)13-19-15/h11-13,16,20H,2-10,18H2,1H3. The van der Waals surface area contributed by atoms with Crippen molar-refractivity contribution in [2.75, 3.05) is 0 Å². The molecule has 114 valence electrons. The van der Waals surface area contributed by atoms with E-state index >= 15 is 0 Å². The lowest BCUT2D eigenvalue weighted by molar-refractivity contribution is 0.467. The fourth-order valence-electron chi connectivity index (χ4n) is 2.39. The summed E-state index contributed by atoms with van der Waals surface area (Å²) in [4.78, 5) is 4.32. The summed E-state index contributed by atoms with van der Waals surface area (Å²) in [7, 11) is 0. The molecule has 1 atom stereocenters. The average Bonchev–Trinajstić information content (AvgIpc) is 2.47. The molecule has 3 nitrogen and oxygen atoms in total. The first-order valence-corrected chi connectivity index (χ1v) is 8.23. The fourth-order valence-corrected chi connectivity index (χ4v) is 2.50. The van der Waals surface area contributed by atoms with Gasteiger partial charge in [-0.15, -0.1) is 0 Å². The second-order valence-corrected chi connectivity index (χ2v) is 5.82. The zero-order valence-electron chi connectivity index (χ0n) is 12.6. The Hall–Kier alpha value is -0.640. The summed E-state index contributed by atoms with van der Waals surface area (Å²) < 4.78 is 0.